The van der Waals surface area contributed by atoms with E-state index < -0.39 is 0 Å². The van der Waals surface area contributed by atoms with Gasteiger partial charge in [-0.15, -0.1) is 0 Å². The van der Waals surface area contributed by atoms with E-state index in [2.05, 4.69) is 49.2 Å². The highest BCUT2D eigenvalue weighted by molar-refractivity contribution is 5.96. The number of rotatable bonds is 9. The van der Waals surface area contributed by atoms with E-state index in [1.54, 1.807) is 0 Å². The van der Waals surface area contributed by atoms with Gasteiger partial charge >= 0.3 is 0 Å². The zero-order valence-electron chi connectivity index (χ0n) is 16.8. The topological polar surface area (TPSA) is 50.2 Å². The summed E-state index contributed by atoms with van der Waals surface area (Å²) in [4.78, 5) is 15.0. The molecule has 0 atom stereocenters. The number of hydrogen-bond donors (Lipinski definition) is 1. The third kappa shape index (κ3) is 4.94. The molecule has 0 fully saturated rings. The summed E-state index contributed by atoms with van der Waals surface area (Å²) in [5, 5.41) is 7.91. The number of benzene rings is 1. The van der Waals surface area contributed by atoms with E-state index in [-0.39, 0.29) is 5.91 Å². The Labute approximate surface area is 157 Å². The normalized spacial score (nSPS) is 11.2. The SMILES string of the molecule is CCCc1nn(-c2cccc(C)c2)c(CCC)c1C(=O)NCCN(C)C. The Morgan fingerprint density at radius 3 is 2.54 bits per heavy atom. The fourth-order valence-electron chi connectivity index (χ4n) is 3.10. The predicted octanol–water partition coefficient (Wildman–Crippen LogP) is 3.38. The van der Waals surface area contributed by atoms with Crippen molar-refractivity contribution in [2.24, 2.45) is 0 Å². The molecular formula is C21H32N4O. The first-order valence-electron chi connectivity index (χ1n) is 9.58. The predicted molar refractivity (Wildman–Crippen MR) is 107 cm³/mol. The van der Waals surface area contributed by atoms with Crippen molar-refractivity contribution < 1.29 is 4.79 Å². The largest absolute Gasteiger partial charge is 0.351 e. The summed E-state index contributed by atoms with van der Waals surface area (Å²) in [5.74, 6) is -0.00217. The van der Waals surface area contributed by atoms with Gasteiger partial charge in [0.05, 0.1) is 22.6 Å². The minimum atomic E-state index is -0.00217. The first-order valence-corrected chi connectivity index (χ1v) is 9.58. The maximum atomic E-state index is 12.9. The molecule has 5 heteroatoms. The van der Waals surface area contributed by atoms with Crippen LogP contribution >= 0.6 is 0 Å². The molecule has 26 heavy (non-hydrogen) atoms. The molecule has 2 aromatic rings. The molecule has 1 N–H and O–H groups in total. The van der Waals surface area contributed by atoms with E-state index >= 15 is 0 Å². The summed E-state index contributed by atoms with van der Waals surface area (Å²) in [6.45, 7) is 7.80. The van der Waals surface area contributed by atoms with E-state index in [0.717, 1.165) is 54.9 Å². The molecule has 2 rings (SSSR count). The second-order valence-electron chi connectivity index (χ2n) is 7.08. The van der Waals surface area contributed by atoms with Crippen molar-refractivity contribution >= 4 is 5.91 Å². The quantitative estimate of drug-likeness (QED) is 0.749. The molecule has 0 aliphatic heterocycles. The molecular weight excluding hydrogens is 324 g/mol. The molecule has 0 radical (unpaired) electrons. The number of carbonyl (C=O) groups excluding carboxylic acids is 1. The second kappa shape index (κ2) is 9.53. The number of nitrogens with zero attached hydrogens (tertiary/aromatic N) is 3. The van der Waals surface area contributed by atoms with Crippen LogP contribution in [0.4, 0.5) is 0 Å². The summed E-state index contributed by atoms with van der Waals surface area (Å²) < 4.78 is 1.97. The van der Waals surface area contributed by atoms with Crippen LogP contribution in [0, 0.1) is 6.92 Å². The molecule has 1 amide bonds. The third-order valence-corrected chi connectivity index (χ3v) is 4.35. The molecule has 0 saturated heterocycles. The van der Waals surface area contributed by atoms with Crippen LogP contribution in [0.1, 0.15) is 54.0 Å². The maximum absolute atomic E-state index is 12.9. The molecule has 0 aliphatic rings. The Bertz CT molecular complexity index is 734. The van der Waals surface area contributed by atoms with Crippen LogP contribution in [-0.4, -0.2) is 47.8 Å². The van der Waals surface area contributed by atoms with Gasteiger partial charge in [-0.3, -0.25) is 4.79 Å². The summed E-state index contributed by atoms with van der Waals surface area (Å²) in [7, 11) is 4.01. The minimum Gasteiger partial charge on any atom is -0.351 e. The molecule has 0 bridgehead atoms. The van der Waals surface area contributed by atoms with Crippen LogP contribution in [0.3, 0.4) is 0 Å². The van der Waals surface area contributed by atoms with Gasteiger partial charge in [-0.25, -0.2) is 4.68 Å². The number of aromatic nitrogens is 2. The molecule has 1 heterocycles. The molecule has 1 aromatic carbocycles. The monoisotopic (exact) mass is 356 g/mol. The number of nitrogens with one attached hydrogen (secondary N) is 1. The molecule has 1 aromatic heterocycles. The smallest absolute Gasteiger partial charge is 0.255 e. The molecule has 0 saturated carbocycles. The van der Waals surface area contributed by atoms with Crippen molar-refractivity contribution in [3.63, 3.8) is 0 Å². The average molecular weight is 357 g/mol. The van der Waals surface area contributed by atoms with E-state index in [1.165, 1.54) is 5.56 Å². The van der Waals surface area contributed by atoms with Crippen molar-refractivity contribution in [1.82, 2.24) is 20.0 Å². The van der Waals surface area contributed by atoms with Crippen molar-refractivity contribution in [2.45, 2.75) is 46.5 Å². The average Bonchev–Trinajstić information content (AvgIpc) is 2.93. The number of carbonyl (C=O) groups is 1. The Hall–Kier alpha value is -2.14. The van der Waals surface area contributed by atoms with Gasteiger partial charge in [0.1, 0.15) is 0 Å². The van der Waals surface area contributed by atoms with Gasteiger partial charge in [0, 0.05) is 13.1 Å². The molecule has 5 nitrogen and oxygen atoms in total. The van der Waals surface area contributed by atoms with E-state index in [4.69, 9.17) is 5.10 Å². The van der Waals surface area contributed by atoms with Gasteiger partial charge in [-0.05, 0) is 51.6 Å². The lowest BCUT2D eigenvalue weighted by Gasteiger charge is -2.12. The lowest BCUT2D eigenvalue weighted by molar-refractivity contribution is 0.0949. The Morgan fingerprint density at radius 1 is 1.19 bits per heavy atom. The fourth-order valence-corrected chi connectivity index (χ4v) is 3.10. The van der Waals surface area contributed by atoms with Gasteiger partial charge in [-0.2, -0.15) is 5.10 Å². The van der Waals surface area contributed by atoms with Crippen molar-refractivity contribution in [1.29, 1.82) is 0 Å². The van der Waals surface area contributed by atoms with Crippen LogP contribution in [0.2, 0.25) is 0 Å². The highest BCUT2D eigenvalue weighted by atomic mass is 16.1. The summed E-state index contributed by atoms with van der Waals surface area (Å²) in [5.41, 5.74) is 4.91. The van der Waals surface area contributed by atoms with Gasteiger partial charge in [0.25, 0.3) is 5.91 Å². The first-order chi connectivity index (χ1) is 12.5. The lowest BCUT2D eigenvalue weighted by Crippen LogP contribution is -2.32. The van der Waals surface area contributed by atoms with Crippen molar-refractivity contribution in [3.8, 4) is 5.69 Å². The highest BCUT2D eigenvalue weighted by Gasteiger charge is 2.23. The van der Waals surface area contributed by atoms with Crippen LogP contribution in [-0.2, 0) is 12.8 Å². The van der Waals surface area contributed by atoms with Crippen LogP contribution in [0.5, 0.6) is 0 Å². The maximum Gasteiger partial charge on any atom is 0.255 e. The van der Waals surface area contributed by atoms with Gasteiger partial charge in [0.2, 0.25) is 0 Å². The van der Waals surface area contributed by atoms with Gasteiger partial charge in [0.15, 0.2) is 0 Å². The van der Waals surface area contributed by atoms with Gasteiger partial charge in [-0.1, -0.05) is 38.8 Å². The molecule has 0 spiro atoms. The van der Waals surface area contributed by atoms with Crippen LogP contribution in [0.25, 0.3) is 5.69 Å². The van der Waals surface area contributed by atoms with Crippen molar-refractivity contribution in [3.05, 3.63) is 46.8 Å². The van der Waals surface area contributed by atoms with E-state index in [9.17, 15) is 4.79 Å². The zero-order chi connectivity index (χ0) is 19.1. The highest BCUT2D eigenvalue weighted by Crippen LogP contribution is 2.22. The number of amides is 1. The molecule has 0 unspecified atom stereocenters. The number of aryl methyl sites for hydroxylation is 2. The fraction of sp³-hybridized carbons (Fsp3) is 0.524. The number of likely N-dealkylation sites (N-methyl/N-ethyl adjacent to an activating group) is 1. The zero-order valence-corrected chi connectivity index (χ0v) is 16.8. The van der Waals surface area contributed by atoms with Crippen LogP contribution < -0.4 is 5.32 Å². The summed E-state index contributed by atoms with van der Waals surface area (Å²) in [6.07, 6.45) is 3.59. The van der Waals surface area contributed by atoms with Gasteiger partial charge < -0.3 is 10.2 Å². The Kier molecular flexibility index (Phi) is 7.39. The summed E-state index contributed by atoms with van der Waals surface area (Å²) in [6, 6.07) is 8.30. The Balaban J connectivity index is 2.45. The second-order valence-corrected chi connectivity index (χ2v) is 7.08. The minimum absolute atomic E-state index is 0.00217. The standard InChI is InChI=1S/C21H32N4O/c1-6-9-18-20(21(26)22-13-14-24(4)5)19(10-7-2)25(23-18)17-12-8-11-16(3)15-17/h8,11-12,15H,6-7,9-10,13-14H2,1-5H3,(H,22,26). The van der Waals surface area contributed by atoms with E-state index in [0.29, 0.717) is 6.54 Å². The van der Waals surface area contributed by atoms with E-state index in [1.807, 2.05) is 24.8 Å². The Morgan fingerprint density at radius 2 is 1.92 bits per heavy atom. The number of hydrogen-bond acceptors (Lipinski definition) is 3. The first kappa shape index (κ1) is 20.2. The third-order valence-electron chi connectivity index (χ3n) is 4.35. The lowest BCUT2D eigenvalue weighted by atomic mass is 10.1. The van der Waals surface area contributed by atoms with Crippen molar-refractivity contribution in [2.75, 3.05) is 27.2 Å². The molecule has 0 aliphatic carbocycles. The molecule has 142 valence electrons. The van der Waals surface area contributed by atoms with Crippen LogP contribution in [0.15, 0.2) is 24.3 Å². The summed E-state index contributed by atoms with van der Waals surface area (Å²) >= 11 is 0.